The average molecular weight is 619 g/mol. The predicted molar refractivity (Wildman–Crippen MR) is 210 cm³/mol. The van der Waals surface area contributed by atoms with Gasteiger partial charge in [-0.25, -0.2) is 0 Å². The highest BCUT2D eigenvalue weighted by molar-refractivity contribution is 6.38. The van der Waals surface area contributed by atoms with Crippen LogP contribution in [0.4, 0.5) is 0 Å². The summed E-state index contributed by atoms with van der Waals surface area (Å²) < 4.78 is 6.63. The lowest BCUT2D eigenvalue weighted by atomic mass is 9.84. The van der Waals surface area contributed by atoms with E-state index in [2.05, 4.69) is 158 Å². The second kappa shape index (κ2) is 9.13. The molecule has 224 valence electrons. The summed E-state index contributed by atoms with van der Waals surface area (Å²) >= 11 is 0. The molecule has 0 spiro atoms. The molecule has 0 fully saturated rings. The first-order valence-corrected chi connectivity index (χ1v) is 17.0. The van der Waals surface area contributed by atoms with Gasteiger partial charge >= 0.3 is 0 Å². The van der Waals surface area contributed by atoms with Gasteiger partial charge in [0.25, 0.3) is 0 Å². The second-order valence-electron chi connectivity index (χ2n) is 13.6. The molecule has 1 nitrogen and oxygen atoms in total. The molecule has 0 N–H and O–H groups in total. The monoisotopic (exact) mass is 618 g/mol. The Bertz CT molecular complexity index is 3320. The van der Waals surface area contributed by atoms with E-state index in [0.29, 0.717) is 0 Å². The van der Waals surface area contributed by atoms with Gasteiger partial charge in [-0.3, -0.25) is 0 Å². The third-order valence-corrected chi connectivity index (χ3v) is 11.1. The fourth-order valence-corrected chi connectivity index (χ4v) is 9.02. The third kappa shape index (κ3) is 3.29. The summed E-state index contributed by atoms with van der Waals surface area (Å²) in [5.41, 5.74) is 6.95. The molecule has 0 bridgehead atoms. The van der Waals surface area contributed by atoms with Crippen molar-refractivity contribution in [2.24, 2.45) is 0 Å². The molecule has 49 heavy (non-hydrogen) atoms. The number of furan rings is 1. The van der Waals surface area contributed by atoms with Crippen LogP contribution in [-0.2, 0) is 0 Å². The molecule has 1 aromatic heterocycles. The molecule has 0 saturated heterocycles. The molecule has 0 aliphatic rings. The summed E-state index contributed by atoms with van der Waals surface area (Å²) in [5.74, 6) is 0. The van der Waals surface area contributed by atoms with Crippen molar-refractivity contribution in [2.75, 3.05) is 0 Å². The topological polar surface area (TPSA) is 13.1 Å². The lowest BCUT2D eigenvalue weighted by Gasteiger charge is -2.19. The summed E-state index contributed by atoms with van der Waals surface area (Å²) in [7, 11) is 0. The van der Waals surface area contributed by atoms with Gasteiger partial charge in [0.2, 0.25) is 0 Å². The molecule has 12 rings (SSSR count). The fraction of sp³-hybridized carbons (Fsp3) is 0. The van der Waals surface area contributed by atoms with Gasteiger partial charge in [0.15, 0.2) is 0 Å². The molecular weight excluding hydrogens is 593 g/mol. The minimum atomic E-state index is 0.935. The Kier molecular flexibility index (Phi) is 4.77. The largest absolute Gasteiger partial charge is 0.455 e. The van der Waals surface area contributed by atoms with Gasteiger partial charge in [-0.2, -0.15) is 0 Å². The molecule has 0 atom stereocenters. The lowest BCUT2D eigenvalue weighted by molar-refractivity contribution is 0.673. The van der Waals surface area contributed by atoms with Crippen molar-refractivity contribution in [3.05, 3.63) is 158 Å². The molecule has 0 saturated carbocycles. The minimum absolute atomic E-state index is 0.935. The highest BCUT2D eigenvalue weighted by Gasteiger charge is 2.22. The van der Waals surface area contributed by atoms with E-state index in [1.807, 2.05) is 0 Å². The highest BCUT2D eigenvalue weighted by Crippen LogP contribution is 2.49. The molecule has 0 aliphatic heterocycles. The summed E-state index contributed by atoms with van der Waals surface area (Å²) in [6.45, 7) is 0. The first-order chi connectivity index (χ1) is 24.3. The van der Waals surface area contributed by atoms with Crippen LogP contribution in [0.2, 0.25) is 0 Å². The van der Waals surface area contributed by atoms with E-state index in [4.69, 9.17) is 4.42 Å². The molecule has 1 heterocycles. The van der Waals surface area contributed by atoms with Crippen molar-refractivity contribution in [1.82, 2.24) is 0 Å². The van der Waals surface area contributed by atoms with Crippen LogP contribution < -0.4 is 0 Å². The molecular formula is C48H26O. The van der Waals surface area contributed by atoms with Gasteiger partial charge in [0, 0.05) is 21.5 Å². The molecule has 1 heteroatoms. The second-order valence-corrected chi connectivity index (χ2v) is 13.6. The predicted octanol–water partition coefficient (Wildman–Crippen LogP) is 13.9. The van der Waals surface area contributed by atoms with Crippen LogP contribution in [0.5, 0.6) is 0 Å². The average Bonchev–Trinajstić information content (AvgIpc) is 3.56. The molecule has 0 unspecified atom stereocenters. The van der Waals surface area contributed by atoms with E-state index in [9.17, 15) is 0 Å². The first-order valence-electron chi connectivity index (χ1n) is 17.0. The Balaban J connectivity index is 1.18. The Morgan fingerprint density at radius 1 is 0.286 bits per heavy atom. The highest BCUT2D eigenvalue weighted by atomic mass is 16.3. The quantitative estimate of drug-likeness (QED) is 0.176. The van der Waals surface area contributed by atoms with Crippen molar-refractivity contribution >= 4 is 97.3 Å². The number of hydrogen-bond donors (Lipinski definition) is 0. The first kappa shape index (κ1) is 25.6. The molecule has 12 aromatic rings. The molecule has 11 aromatic carbocycles. The van der Waals surface area contributed by atoms with Crippen molar-refractivity contribution in [3.8, 4) is 22.3 Å². The zero-order valence-corrected chi connectivity index (χ0v) is 26.4. The number of para-hydroxylation sites is 1. The maximum Gasteiger partial charge on any atom is 0.143 e. The SMILES string of the molecule is c1ccc2cc(-c3ccc4ccc5c(-c6cc7cccc8c9c%10ccccc%10oc9c9cccc6c9c78)ccc6ccc3c4c65)ccc2c1. The third-order valence-electron chi connectivity index (χ3n) is 11.1. The molecule has 0 amide bonds. The van der Waals surface area contributed by atoms with Gasteiger partial charge in [-0.1, -0.05) is 140 Å². The Morgan fingerprint density at radius 2 is 0.878 bits per heavy atom. The van der Waals surface area contributed by atoms with Crippen LogP contribution in [0.15, 0.2) is 162 Å². The summed E-state index contributed by atoms with van der Waals surface area (Å²) in [6, 6.07) is 58.3. The van der Waals surface area contributed by atoms with Gasteiger partial charge in [0.05, 0.1) is 0 Å². The van der Waals surface area contributed by atoms with Crippen LogP contribution in [-0.4, -0.2) is 0 Å². The van der Waals surface area contributed by atoms with Crippen LogP contribution in [0.1, 0.15) is 0 Å². The zero-order valence-electron chi connectivity index (χ0n) is 26.4. The Hall–Kier alpha value is -6.44. The van der Waals surface area contributed by atoms with E-state index in [1.54, 1.807) is 0 Å². The molecule has 0 aliphatic carbocycles. The standard InChI is InChI=1S/C48H26O/c1-2-8-30-25-31(16-15-27(30)7-1)33-21-17-28-20-24-37-34(22-18-29-19-23-36(33)43(28)44(29)37)41-26-32-9-5-12-39-45(32)46-35(41)11-6-13-40(46)48-47(39)38-10-3-4-14-42(38)49-48/h1-26H. The number of rotatable bonds is 2. The van der Waals surface area contributed by atoms with Crippen LogP contribution in [0.3, 0.4) is 0 Å². The number of hydrogen-bond acceptors (Lipinski definition) is 1. The van der Waals surface area contributed by atoms with Crippen molar-refractivity contribution in [1.29, 1.82) is 0 Å². The smallest absolute Gasteiger partial charge is 0.143 e. The molecule has 0 radical (unpaired) electrons. The van der Waals surface area contributed by atoms with E-state index in [0.717, 1.165) is 11.2 Å². The zero-order chi connectivity index (χ0) is 31.8. The van der Waals surface area contributed by atoms with Crippen LogP contribution in [0, 0.1) is 0 Å². The van der Waals surface area contributed by atoms with E-state index in [-0.39, 0.29) is 0 Å². The maximum atomic E-state index is 6.63. The number of benzene rings is 11. The summed E-state index contributed by atoms with van der Waals surface area (Å²) in [6.07, 6.45) is 0. The van der Waals surface area contributed by atoms with Crippen LogP contribution in [0.25, 0.3) is 120 Å². The fourth-order valence-electron chi connectivity index (χ4n) is 9.02. The maximum absolute atomic E-state index is 6.63. The normalized spacial score (nSPS) is 12.5. The van der Waals surface area contributed by atoms with E-state index in [1.165, 1.54) is 108 Å². The van der Waals surface area contributed by atoms with Crippen molar-refractivity contribution < 1.29 is 4.42 Å². The minimum Gasteiger partial charge on any atom is -0.455 e. The summed E-state index contributed by atoms with van der Waals surface area (Å²) in [5, 5.41) is 20.2. The van der Waals surface area contributed by atoms with Gasteiger partial charge in [-0.15, -0.1) is 0 Å². The van der Waals surface area contributed by atoms with E-state index >= 15 is 0 Å². The number of fused-ring (bicyclic) bond motifs is 6. The van der Waals surface area contributed by atoms with Crippen molar-refractivity contribution in [2.45, 2.75) is 0 Å². The van der Waals surface area contributed by atoms with Gasteiger partial charge < -0.3 is 4.42 Å². The Morgan fingerprint density at radius 3 is 1.76 bits per heavy atom. The summed E-state index contributed by atoms with van der Waals surface area (Å²) in [4.78, 5) is 0. The lowest BCUT2D eigenvalue weighted by Crippen LogP contribution is -1.92. The Labute approximate surface area is 280 Å². The van der Waals surface area contributed by atoms with Crippen LogP contribution >= 0.6 is 0 Å². The van der Waals surface area contributed by atoms with Gasteiger partial charge in [-0.05, 0) is 105 Å². The van der Waals surface area contributed by atoms with Crippen molar-refractivity contribution in [3.63, 3.8) is 0 Å². The van der Waals surface area contributed by atoms with E-state index < -0.39 is 0 Å². The van der Waals surface area contributed by atoms with Gasteiger partial charge in [0.1, 0.15) is 11.2 Å².